The third kappa shape index (κ3) is 3.78. The Morgan fingerprint density at radius 3 is 2.82 bits per heavy atom. The van der Waals surface area contributed by atoms with E-state index in [0.29, 0.717) is 0 Å². The molecule has 0 aliphatic carbocycles. The first-order valence-electron chi connectivity index (χ1n) is 4.42. The van der Waals surface area contributed by atoms with Crippen molar-refractivity contribution in [2.75, 3.05) is 0 Å². The highest BCUT2D eigenvalue weighted by Gasteiger charge is 2.12. The largest absolute Gasteiger partial charge is 0.350 e. The molecule has 0 fully saturated rings. The number of nitro benzene ring substituents is 1. The highest BCUT2D eigenvalue weighted by molar-refractivity contribution is 5.71. The molecule has 0 radical (unpaired) electrons. The molecule has 0 spiro atoms. The van der Waals surface area contributed by atoms with Crippen LogP contribution in [-0.2, 0) is 0 Å². The summed E-state index contributed by atoms with van der Waals surface area (Å²) in [5.74, 6) is -0.697. The van der Waals surface area contributed by atoms with Crippen LogP contribution in [0, 0.1) is 15.9 Å². The van der Waals surface area contributed by atoms with Gasteiger partial charge in [0.15, 0.2) is 0 Å². The van der Waals surface area contributed by atoms with Crippen molar-refractivity contribution in [3.8, 4) is 0 Å². The number of hydrogen-bond donors (Lipinski definition) is 3. The molecule has 0 heterocycles. The molecule has 0 aliphatic rings. The van der Waals surface area contributed by atoms with Crippen LogP contribution >= 0.6 is 0 Å². The number of urea groups is 1. The molecular weight excluding hydrogens is 231 g/mol. The van der Waals surface area contributed by atoms with Crippen LogP contribution in [-0.4, -0.2) is 11.0 Å². The molecule has 0 saturated heterocycles. The average molecular weight is 240 g/mol. The second kappa shape index (κ2) is 5.45. The number of benzene rings is 1. The Labute approximate surface area is 95.2 Å². The number of rotatable bonds is 4. The molecule has 0 bridgehead atoms. The normalized spacial score (nSPS) is 10.2. The Hall–Kier alpha value is -2.64. The summed E-state index contributed by atoms with van der Waals surface area (Å²) in [6.45, 7) is 0. The van der Waals surface area contributed by atoms with Crippen LogP contribution < -0.4 is 16.6 Å². The van der Waals surface area contributed by atoms with Gasteiger partial charge in [-0.3, -0.25) is 15.5 Å². The van der Waals surface area contributed by atoms with E-state index in [-0.39, 0.29) is 11.3 Å². The Morgan fingerprint density at radius 1 is 1.53 bits per heavy atom. The molecule has 2 amide bonds. The highest BCUT2D eigenvalue weighted by Crippen LogP contribution is 2.20. The van der Waals surface area contributed by atoms with Gasteiger partial charge in [-0.05, 0) is 18.2 Å². The van der Waals surface area contributed by atoms with Gasteiger partial charge in [-0.1, -0.05) is 0 Å². The van der Waals surface area contributed by atoms with Crippen LogP contribution in [0.15, 0.2) is 24.4 Å². The minimum absolute atomic E-state index is 0.190. The Kier molecular flexibility index (Phi) is 3.98. The van der Waals surface area contributed by atoms with Crippen molar-refractivity contribution in [3.05, 3.63) is 45.9 Å². The number of amides is 2. The first-order chi connectivity index (χ1) is 8.00. The van der Waals surface area contributed by atoms with Crippen LogP contribution in [0.5, 0.6) is 0 Å². The topological polar surface area (TPSA) is 110 Å². The maximum absolute atomic E-state index is 12.8. The molecule has 0 atom stereocenters. The molecule has 90 valence electrons. The molecule has 8 heteroatoms. The molecule has 0 aromatic heterocycles. The van der Waals surface area contributed by atoms with Gasteiger partial charge in [0.1, 0.15) is 5.82 Å². The van der Waals surface area contributed by atoms with Crippen molar-refractivity contribution in [1.29, 1.82) is 0 Å². The van der Waals surface area contributed by atoms with E-state index in [4.69, 9.17) is 5.73 Å². The summed E-state index contributed by atoms with van der Waals surface area (Å²) >= 11 is 0. The number of nitrogens with one attached hydrogen (secondary N) is 2. The number of nitrogens with zero attached hydrogens (tertiary/aromatic N) is 1. The van der Waals surface area contributed by atoms with Gasteiger partial charge in [-0.2, -0.15) is 0 Å². The predicted octanol–water partition coefficient (Wildman–Crippen LogP) is 0.877. The standard InChI is InChI=1S/C9H9FN4O3/c10-7-2-1-6(8(5-7)14(16)17)3-4-12-13-9(11)15/h1-5,12H,(H3,11,13,15)/b4-3+. The van der Waals surface area contributed by atoms with Gasteiger partial charge >= 0.3 is 6.03 Å². The summed E-state index contributed by atoms with van der Waals surface area (Å²) in [6, 6.07) is 2.34. The van der Waals surface area contributed by atoms with E-state index < -0.39 is 16.8 Å². The van der Waals surface area contributed by atoms with Crippen molar-refractivity contribution in [2.24, 2.45) is 5.73 Å². The van der Waals surface area contributed by atoms with E-state index >= 15 is 0 Å². The van der Waals surface area contributed by atoms with Gasteiger partial charge in [0.25, 0.3) is 5.69 Å². The third-order valence-corrected chi connectivity index (χ3v) is 1.73. The van der Waals surface area contributed by atoms with Crippen molar-refractivity contribution >= 4 is 17.8 Å². The number of halogens is 1. The van der Waals surface area contributed by atoms with Crippen LogP contribution in [0.25, 0.3) is 6.08 Å². The predicted molar refractivity (Wildman–Crippen MR) is 57.9 cm³/mol. The summed E-state index contributed by atoms with van der Waals surface area (Å²) in [5.41, 5.74) is 8.91. The summed E-state index contributed by atoms with van der Waals surface area (Å²) in [7, 11) is 0. The fraction of sp³-hybridized carbons (Fsp3) is 0. The quantitative estimate of drug-likeness (QED) is 0.535. The Balaban J connectivity index is 2.83. The van der Waals surface area contributed by atoms with E-state index in [9.17, 15) is 19.3 Å². The molecule has 4 N–H and O–H groups in total. The van der Waals surface area contributed by atoms with Gasteiger partial charge in [-0.25, -0.2) is 9.18 Å². The second-order valence-corrected chi connectivity index (χ2v) is 2.93. The molecule has 0 aliphatic heterocycles. The smallest absolute Gasteiger partial charge is 0.330 e. The molecule has 17 heavy (non-hydrogen) atoms. The minimum Gasteiger partial charge on any atom is -0.350 e. The van der Waals surface area contributed by atoms with E-state index in [0.717, 1.165) is 12.1 Å². The summed E-state index contributed by atoms with van der Waals surface area (Å²) in [6.07, 6.45) is 2.53. The van der Waals surface area contributed by atoms with Crippen LogP contribution in [0.3, 0.4) is 0 Å². The number of hydrazine groups is 1. The molecule has 1 rings (SSSR count). The lowest BCUT2D eigenvalue weighted by Gasteiger charge is -2.00. The number of nitro groups is 1. The zero-order valence-electron chi connectivity index (χ0n) is 8.51. The molecule has 1 aromatic rings. The first kappa shape index (κ1) is 12.4. The lowest BCUT2D eigenvalue weighted by atomic mass is 10.2. The van der Waals surface area contributed by atoms with E-state index in [2.05, 4.69) is 5.43 Å². The van der Waals surface area contributed by atoms with Crippen LogP contribution in [0.2, 0.25) is 0 Å². The number of nitrogens with two attached hydrogens (primary N) is 1. The van der Waals surface area contributed by atoms with E-state index in [1.165, 1.54) is 18.3 Å². The van der Waals surface area contributed by atoms with Crippen molar-refractivity contribution < 1.29 is 14.1 Å². The fourth-order valence-corrected chi connectivity index (χ4v) is 1.06. The van der Waals surface area contributed by atoms with Gasteiger partial charge in [0, 0.05) is 6.20 Å². The SMILES string of the molecule is NC(=O)NN/C=C/c1ccc(F)cc1[N+](=O)[O-]. The van der Waals surface area contributed by atoms with Crippen molar-refractivity contribution in [2.45, 2.75) is 0 Å². The van der Waals surface area contributed by atoms with Crippen molar-refractivity contribution in [1.82, 2.24) is 10.9 Å². The maximum Gasteiger partial charge on any atom is 0.330 e. The first-order valence-corrected chi connectivity index (χ1v) is 4.42. The van der Waals surface area contributed by atoms with E-state index in [1.807, 2.05) is 5.43 Å². The van der Waals surface area contributed by atoms with Gasteiger partial charge in [0.05, 0.1) is 16.6 Å². The average Bonchev–Trinajstić information content (AvgIpc) is 2.25. The number of hydrogen-bond acceptors (Lipinski definition) is 4. The molecule has 7 nitrogen and oxygen atoms in total. The van der Waals surface area contributed by atoms with Crippen LogP contribution in [0.1, 0.15) is 5.56 Å². The van der Waals surface area contributed by atoms with Crippen LogP contribution in [0.4, 0.5) is 14.9 Å². The minimum atomic E-state index is -0.803. The monoisotopic (exact) mass is 240 g/mol. The van der Waals surface area contributed by atoms with Gasteiger partial charge < -0.3 is 11.2 Å². The Bertz CT molecular complexity index is 475. The van der Waals surface area contributed by atoms with E-state index in [1.54, 1.807) is 0 Å². The van der Waals surface area contributed by atoms with Gasteiger partial charge in [-0.15, -0.1) is 0 Å². The number of primary amides is 1. The lowest BCUT2D eigenvalue weighted by molar-refractivity contribution is -0.385. The number of carbonyl (C=O) groups excluding carboxylic acids is 1. The summed E-state index contributed by atoms with van der Waals surface area (Å²) in [5, 5.41) is 10.6. The highest BCUT2D eigenvalue weighted by atomic mass is 19.1. The molecule has 0 saturated carbocycles. The summed E-state index contributed by atoms with van der Waals surface area (Å²) < 4.78 is 12.8. The summed E-state index contributed by atoms with van der Waals surface area (Å²) in [4.78, 5) is 20.2. The fourth-order valence-electron chi connectivity index (χ4n) is 1.06. The second-order valence-electron chi connectivity index (χ2n) is 2.93. The molecule has 0 unspecified atom stereocenters. The van der Waals surface area contributed by atoms with Gasteiger partial charge in [0.2, 0.25) is 0 Å². The maximum atomic E-state index is 12.8. The number of carbonyl (C=O) groups is 1. The molecular formula is C9H9FN4O3. The molecule has 1 aromatic carbocycles. The Morgan fingerprint density at radius 2 is 2.24 bits per heavy atom. The van der Waals surface area contributed by atoms with Crippen molar-refractivity contribution in [3.63, 3.8) is 0 Å². The zero-order valence-corrected chi connectivity index (χ0v) is 8.51. The zero-order chi connectivity index (χ0) is 12.8. The lowest BCUT2D eigenvalue weighted by Crippen LogP contribution is -2.37. The third-order valence-electron chi connectivity index (χ3n) is 1.73.